The van der Waals surface area contributed by atoms with E-state index >= 15 is 0 Å². The number of benzene rings is 2. The molecule has 0 fully saturated rings. The number of hydrogen-bond acceptors (Lipinski definition) is 6. The Hall–Kier alpha value is -3.31. The number of ether oxygens (including phenoxy) is 1. The van der Waals surface area contributed by atoms with Crippen molar-refractivity contribution in [2.45, 2.75) is 11.8 Å². The van der Waals surface area contributed by atoms with Gasteiger partial charge in [0.15, 0.2) is 4.91 Å². The predicted octanol–water partition coefficient (Wildman–Crippen LogP) is 2.90. The van der Waals surface area contributed by atoms with Crippen molar-refractivity contribution in [3.05, 3.63) is 59.6 Å². The summed E-state index contributed by atoms with van der Waals surface area (Å²) in [6.07, 6.45) is 1.13. The molecule has 0 unspecified atom stereocenters. The fraction of sp³-hybridized carbons (Fsp3) is 0.111. The first kappa shape index (κ1) is 19.0. The van der Waals surface area contributed by atoms with Crippen molar-refractivity contribution in [3.8, 4) is 11.8 Å². The van der Waals surface area contributed by atoms with E-state index in [0.29, 0.717) is 17.1 Å². The molecule has 0 aliphatic carbocycles. The number of carbonyl (C=O) groups excluding carboxylic acids is 1. The van der Waals surface area contributed by atoms with E-state index in [1.807, 2.05) is 0 Å². The average molecular weight is 371 g/mol. The third kappa shape index (κ3) is 4.62. The molecule has 0 radical (unpaired) electrons. The molecule has 0 saturated heterocycles. The number of sulfone groups is 1. The van der Waals surface area contributed by atoms with E-state index in [1.54, 1.807) is 30.3 Å². The molecule has 134 valence electrons. The summed E-state index contributed by atoms with van der Waals surface area (Å²) in [6, 6.07) is 14.1. The van der Waals surface area contributed by atoms with Crippen LogP contribution in [0.25, 0.3) is 0 Å². The second-order valence-electron chi connectivity index (χ2n) is 5.20. The topological polar surface area (TPSA) is 108 Å². The number of anilines is 2. The van der Waals surface area contributed by atoms with Crippen molar-refractivity contribution in [3.63, 3.8) is 0 Å². The van der Waals surface area contributed by atoms with E-state index in [1.165, 1.54) is 38.3 Å². The summed E-state index contributed by atoms with van der Waals surface area (Å²) in [5.41, 5.74) is 1.18. The first-order valence-corrected chi connectivity index (χ1v) is 8.98. The van der Waals surface area contributed by atoms with E-state index in [4.69, 9.17) is 4.74 Å². The molecule has 0 aromatic heterocycles. The van der Waals surface area contributed by atoms with Crippen LogP contribution in [0, 0.1) is 11.3 Å². The Balaban J connectivity index is 2.20. The second kappa shape index (κ2) is 8.18. The van der Waals surface area contributed by atoms with Gasteiger partial charge in [0, 0.05) is 24.5 Å². The zero-order chi connectivity index (χ0) is 19.2. The Kier molecular flexibility index (Phi) is 5.98. The van der Waals surface area contributed by atoms with Gasteiger partial charge in [0.1, 0.15) is 11.8 Å². The molecular formula is C18H17N3O4S. The van der Waals surface area contributed by atoms with E-state index < -0.39 is 14.7 Å². The maximum absolute atomic E-state index is 12.5. The molecule has 1 amide bonds. The molecule has 2 aromatic carbocycles. The number of nitriles is 1. The van der Waals surface area contributed by atoms with Gasteiger partial charge >= 0.3 is 0 Å². The highest BCUT2D eigenvalue weighted by Crippen LogP contribution is 2.22. The first-order chi connectivity index (χ1) is 12.4. The van der Waals surface area contributed by atoms with Gasteiger partial charge < -0.3 is 15.4 Å². The van der Waals surface area contributed by atoms with Crippen LogP contribution in [0.3, 0.4) is 0 Å². The zero-order valence-corrected chi connectivity index (χ0v) is 15.0. The number of nitrogens with one attached hydrogen (secondary N) is 2. The van der Waals surface area contributed by atoms with Gasteiger partial charge in [-0.2, -0.15) is 5.26 Å². The standard InChI is InChI=1S/C18H17N3O4S/c1-13(22)21-15-5-3-14(4-6-15)20-12-18(11-19)26(23,24)17-9-7-16(25-2)8-10-17/h3-10,12,20H,1-2H3,(H,21,22)/b18-12-. The second-order valence-corrected chi connectivity index (χ2v) is 7.12. The first-order valence-electron chi connectivity index (χ1n) is 7.50. The van der Waals surface area contributed by atoms with Crippen LogP contribution in [0.15, 0.2) is 64.5 Å². The average Bonchev–Trinajstić information content (AvgIpc) is 2.63. The van der Waals surface area contributed by atoms with E-state index in [2.05, 4.69) is 10.6 Å². The highest BCUT2D eigenvalue weighted by atomic mass is 32.2. The third-order valence-electron chi connectivity index (χ3n) is 3.34. The molecule has 0 aliphatic rings. The van der Waals surface area contributed by atoms with Gasteiger partial charge in [0.05, 0.1) is 12.0 Å². The maximum atomic E-state index is 12.5. The fourth-order valence-electron chi connectivity index (χ4n) is 2.05. The number of hydrogen-bond donors (Lipinski definition) is 2. The smallest absolute Gasteiger partial charge is 0.221 e. The number of amides is 1. The van der Waals surface area contributed by atoms with Crippen molar-refractivity contribution in [2.24, 2.45) is 0 Å². The van der Waals surface area contributed by atoms with E-state index in [-0.39, 0.29) is 10.8 Å². The monoisotopic (exact) mass is 371 g/mol. The summed E-state index contributed by atoms with van der Waals surface area (Å²) < 4.78 is 30.1. The van der Waals surface area contributed by atoms with Crippen molar-refractivity contribution >= 4 is 27.1 Å². The van der Waals surface area contributed by atoms with Gasteiger partial charge in [-0.3, -0.25) is 4.79 Å². The van der Waals surface area contributed by atoms with Crippen LogP contribution in [0.1, 0.15) is 6.92 Å². The van der Waals surface area contributed by atoms with Gasteiger partial charge in [-0.1, -0.05) is 0 Å². The Morgan fingerprint density at radius 3 is 2.15 bits per heavy atom. The van der Waals surface area contributed by atoms with Gasteiger partial charge in [0.25, 0.3) is 0 Å². The normalized spacial score (nSPS) is 11.3. The molecule has 0 atom stereocenters. The van der Waals surface area contributed by atoms with E-state index in [0.717, 1.165) is 6.20 Å². The number of nitrogens with zero attached hydrogens (tertiary/aromatic N) is 1. The Bertz CT molecular complexity index is 957. The number of rotatable bonds is 6. The van der Waals surface area contributed by atoms with Crippen LogP contribution in [0.2, 0.25) is 0 Å². The highest BCUT2D eigenvalue weighted by molar-refractivity contribution is 7.95. The summed E-state index contributed by atoms with van der Waals surface area (Å²) in [6.45, 7) is 1.40. The molecule has 0 aliphatic heterocycles. The summed E-state index contributed by atoms with van der Waals surface area (Å²) in [4.78, 5) is 10.6. The highest BCUT2D eigenvalue weighted by Gasteiger charge is 2.20. The Morgan fingerprint density at radius 1 is 1.08 bits per heavy atom. The summed E-state index contributed by atoms with van der Waals surface area (Å²) in [5.74, 6) is 0.326. The lowest BCUT2D eigenvalue weighted by Crippen LogP contribution is -2.06. The molecular weight excluding hydrogens is 354 g/mol. The van der Waals surface area contributed by atoms with Crippen molar-refractivity contribution in [1.82, 2.24) is 0 Å². The summed E-state index contributed by atoms with van der Waals surface area (Å²) in [5, 5.41) is 14.6. The van der Waals surface area contributed by atoms with Gasteiger partial charge in [-0.25, -0.2) is 8.42 Å². The van der Waals surface area contributed by atoms with Crippen LogP contribution >= 0.6 is 0 Å². The molecule has 2 aromatic rings. The number of allylic oxidation sites excluding steroid dienone is 1. The lowest BCUT2D eigenvalue weighted by molar-refractivity contribution is -0.114. The largest absolute Gasteiger partial charge is 0.497 e. The Labute approximate surface area is 151 Å². The van der Waals surface area contributed by atoms with Crippen molar-refractivity contribution < 1.29 is 17.9 Å². The van der Waals surface area contributed by atoms with Crippen molar-refractivity contribution in [1.29, 1.82) is 5.26 Å². The lowest BCUT2D eigenvalue weighted by atomic mass is 10.3. The minimum atomic E-state index is -3.95. The number of methoxy groups -OCH3 is 1. The predicted molar refractivity (Wildman–Crippen MR) is 98.2 cm³/mol. The van der Waals surface area contributed by atoms with Crippen LogP contribution < -0.4 is 15.4 Å². The molecule has 0 saturated carbocycles. The third-order valence-corrected chi connectivity index (χ3v) is 5.03. The van der Waals surface area contributed by atoms with Crippen LogP contribution in [0.4, 0.5) is 11.4 Å². The van der Waals surface area contributed by atoms with Crippen molar-refractivity contribution in [2.75, 3.05) is 17.7 Å². The molecule has 0 spiro atoms. The zero-order valence-electron chi connectivity index (χ0n) is 14.2. The molecule has 2 N–H and O–H groups in total. The SMILES string of the molecule is COc1ccc(S(=O)(=O)/C(C#N)=C\Nc2ccc(NC(C)=O)cc2)cc1. The van der Waals surface area contributed by atoms with E-state index in [9.17, 15) is 18.5 Å². The van der Waals surface area contributed by atoms with Gasteiger partial charge in [-0.05, 0) is 48.5 Å². The van der Waals surface area contributed by atoms with Gasteiger partial charge in [-0.15, -0.1) is 0 Å². The quantitative estimate of drug-likeness (QED) is 0.756. The fourth-order valence-corrected chi connectivity index (χ4v) is 3.14. The number of carbonyl (C=O) groups is 1. The van der Waals surface area contributed by atoms with Crippen LogP contribution in [-0.4, -0.2) is 21.4 Å². The van der Waals surface area contributed by atoms with Gasteiger partial charge in [0.2, 0.25) is 15.7 Å². The summed E-state index contributed by atoms with van der Waals surface area (Å²) in [7, 11) is -2.47. The molecule has 0 heterocycles. The Morgan fingerprint density at radius 2 is 1.65 bits per heavy atom. The minimum Gasteiger partial charge on any atom is -0.497 e. The minimum absolute atomic E-state index is 0.00564. The molecule has 8 heteroatoms. The molecule has 7 nitrogen and oxygen atoms in total. The lowest BCUT2D eigenvalue weighted by Gasteiger charge is -2.07. The van der Waals surface area contributed by atoms with Crippen LogP contribution in [0.5, 0.6) is 5.75 Å². The molecule has 2 rings (SSSR count). The summed E-state index contributed by atoms with van der Waals surface area (Å²) >= 11 is 0. The van der Waals surface area contributed by atoms with Crippen LogP contribution in [-0.2, 0) is 14.6 Å². The molecule has 0 bridgehead atoms. The maximum Gasteiger partial charge on any atom is 0.221 e. The molecule has 26 heavy (non-hydrogen) atoms.